The highest BCUT2D eigenvalue weighted by atomic mass is 14.9. The van der Waals surface area contributed by atoms with Crippen LogP contribution in [0.4, 0.5) is 0 Å². The van der Waals surface area contributed by atoms with Crippen molar-refractivity contribution in [3.63, 3.8) is 0 Å². The Morgan fingerprint density at radius 3 is 2.54 bits per heavy atom. The SMILES string of the molecule is CC(C#N)N[C@H](C)c1ccncc1. The molecule has 0 aliphatic rings. The van der Waals surface area contributed by atoms with Gasteiger partial charge in [-0.15, -0.1) is 0 Å². The number of rotatable bonds is 3. The highest BCUT2D eigenvalue weighted by Gasteiger charge is 2.07. The molecule has 1 unspecified atom stereocenters. The van der Waals surface area contributed by atoms with E-state index >= 15 is 0 Å². The summed E-state index contributed by atoms with van der Waals surface area (Å²) >= 11 is 0. The van der Waals surface area contributed by atoms with Crippen LogP contribution in [0.2, 0.25) is 0 Å². The Labute approximate surface area is 78.4 Å². The zero-order valence-electron chi connectivity index (χ0n) is 7.86. The minimum Gasteiger partial charge on any atom is -0.296 e. The molecule has 1 aromatic rings. The first-order valence-corrected chi connectivity index (χ1v) is 4.29. The van der Waals surface area contributed by atoms with Gasteiger partial charge in [-0.1, -0.05) is 0 Å². The van der Waals surface area contributed by atoms with Gasteiger partial charge in [-0.25, -0.2) is 0 Å². The Morgan fingerprint density at radius 1 is 1.38 bits per heavy atom. The van der Waals surface area contributed by atoms with Crippen molar-refractivity contribution in [2.75, 3.05) is 0 Å². The van der Waals surface area contributed by atoms with Gasteiger partial charge < -0.3 is 0 Å². The van der Waals surface area contributed by atoms with Crippen LogP contribution in [0.3, 0.4) is 0 Å². The van der Waals surface area contributed by atoms with E-state index in [1.807, 2.05) is 26.0 Å². The monoisotopic (exact) mass is 175 g/mol. The van der Waals surface area contributed by atoms with E-state index in [1.54, 1.807) is 12.4 Å². The summed E-state index contributed by atoms with van der Waals surface area (Å²) in [5.41, 5.74) is 1.15. The van der Waals surface area contributed by atoms with Crippen molar-refractivity contribution in [2.45, 2.75) is 25.9 Å². The standard InChI is InChI=1S/C10H13N3/c1-8(7-11)13-9(2)10-3-5-12-6-4-10/h3-6,8-9,13H,1-2H3/t8?,9-/m1/s1. The fourth-order valence-corrected chi connectivity index (χ4v) is 1.16. The van der Waals surface area contributed by atoms with Gasteiger partial charge in [0.2, 0.25) is 0 Å². The first-order chi connectivity index (χ1) is 6.24. The van der Waals surface area contributed by atoms with E-state index < -0.39 is 0 Å². The molecule has 0 bridgehead atoms. The fourth-order valence-electron chi connectivity index (χ4n) is 1.16. The van der Waals surface area contributed by atoms with Gasteiger partial charge in [0.05, 0.1) is 12.1 Å². The highest BCUT2D eigenvalue weighted by molar-refractivity contribution is 5.14. The van der Waals surface area contributed by atoms with Crippen LogP contribution in [0.5, 0.6) is 0 Å². The molecule has 68 valence electrons. The number of pyridine rings is 1. The van der Waals surface area contributed by atoms with Gasteiger partial charge in [-0.2, -0.15) is 5.26 Å². The van der Waals surface area contributed by atoms with E-state index in [9.17, 15) is 0 Å². The minimum absolute atomic E-state index is 0.122. The summed E-state index contributed by atoms with van der Waals surface area (Å²) in [7, 11) is 0. The van der Waals surface area contributed by atoms with Crippen LogP contribution in [0.25, 0.3) is 0 Å². The third kappa shape index (κ3) is 2.85. The van der Waals surface area contributed by atoms with Crippen molar-refractivity contribution in [3.05, 3.63) is 30.1 Å². The maximum absolute atomic E-state index is 8.61. The summed E-state index contributed by atoms with van der Waals surface area (Å²) in [5, 5.41) is 11.8. The van der Waals surface area contributed by atoms with Gasteiger partial charge in [0, 0.05) is 18.4 Å². The minimum atomic E-state index is -0.122. The summed E-state index contributed by atoms with van der Waals surface area (Å²) < 4.78 is 0. The van der Waals surface area contributed by atoms with E-state index in [4.69, 9.17) is 5.26 Å². The molecular formula is C10H13N3. The lowest BCUT2D eigenvalue weighted by Gasteiger charge is -2.14. The van der Waals surface area contributed by atoms with Crippen LogP contribution < -0.4 is 5.32 Å². The lowest BCUT2D eigenvalue weighted by molar-refractivity contribution is 0.542. The molecule has 0 aliphatic carbocycles. The van der Waals surface area contributed by atoms with Gasteiger partial charge in [-0.05, 0) is 31.5 Å². The normalized spacial score (nSPS) is 14.5. The number of nitriles is 1. The van der Waals surface area contributed by atoms with Crippen LogP contribution in [-0.2, 0) is 0 Å². The van der Waals surface area contributed by atoms with Crippen LogP contribution in [0, 0.1) is 11.3 Å². The van der Waals surface area contributed by atoms with E-state index in [0.29, 0.717) is 0 Å². The fraction of sp³-hybridized carbons (Fsp3) is 0.400. The van der Waals surface area contributed by atoms with Crippen LogP contribution in [-0.4, -0.2) is 11.0 Å². The summed E-state index contributed by atoms with van der Waals surface area (Å²) in [5.74, 6) is 0. The highest BCUT2D eigenvalue weighted by Crippen LogP contribution is 2.10. The molecule has 3 nitrogen and oxygen atoms in total. The molecular weight excluding hydrogens is 162 g/mol. The summed E-state index contributed by atoms with van der Waals surface area (Å²) in [6.07, 6.45) is 3.51. The summed E-state index contributed by atoms with van der Waals surface area (Å²) in [6.45, 7) is 3.88. The van der Waals surface area contributed by atoms with Gasteiger partial charge in [0.25, 0.3) is 0 Å². The molecule has 1 heterocycles. The first-order valence-electron chi connectivity index (χ1n) is 4.29. The smallest absolute Gasteiger partial charge is 0.0929 e. The van der Waals surface area contributed by atoms with Crippen molar-refractivity contribution in [1.82, 2.24) is 10.3 Å². The van der Waals surface area contributed by atoms with Crippen molar-refractivity contribution < 1.29 is 0 Å². The Balaban J connectivity index is 2.60. The number of aromatic nitrogens is 1. The van der Waals surface area contributed by atoms with Gasteiger partial charge in [0.15, 0.2) is 0 Å². The van der Waals surface area contributed by atoms with Crippen LogP contribution in [0.15, 0.2) is 24.5 Å². The molecule has 1 N–H and O–H groups in total. The maximum Gasteiger partial charge on any atom is 0.0929 e. The third-order valence-corrected chi connectivity index (χ3v) is 1.90. The van der Waals surface area contributed by atoms with Gasteiger partial charge in [-0.3, -0.25) is 10.3 Å². The molecule has 0 saturated heterocycles. The summed E-state index contributed by atoms with van der Waals surface area (Å²) in [4.78, 5) is 3.93. The molecule has 0 aromatic carbocycles. The number of hydrogen-bond acceptors (Lipinski definition) is 3. The molecule has 1 aromatic heterocycles. The van der Waals surface area contributed by atoms with E-state index in [0.717, 1.165) is 5.56 Å². The molecule has 0 spiro atoms. The van der Waals surface area contributed by atoms with Crippen LogP contribution in [0.1, 0.15) is 25.5 Å². The molecule has 0 amide bonds. The average Bonchev–Trinajstić information content (AvgIpc) is 2.19. The first kappa shape index (κ1) is 9.69. The maximum atomic E-state index is 8.61. The Hall–Kier alpha value is -1.40. The van der Waals surface area contributed by atoms with Gasteiger partial charge >= 0.3 is 0 Å². The van der Waals surface area contributed by atoms with Crippen molar-refractivity contribution in [3.8, 4) is 6.07 Å². The molecule has 2 atom stereocenters. The van der Waals surface area contributed by atoms with Crippen molar-refractivity contribution in [2.24, 2.45) is 0 Å². The zero-order valence-corrected chi connectivity index (χ0v) is 7.86. The molecule has 1 rings (SSSR count). The second-order valence-corrected chi connectivity index (χ2v) is 3.02. The van der Waals surface area contributed by atoms with Crippen LogP contribution >= 0.6 is 0 Å². The second kappa shape index (κ2) is 4.58. The largest absolute Gasteiger partial charge is 0.296 e. The number of nitrogens with zero attached hydrogens (tertiary/aromatic N) is 2. The third-order valence-electron chi connectivity index (χ3n) is 1.90. The van der Waals surface area contributed by atoms with Gasteiger partial charge in [0.1, 0.15) is 0 Å². The Bertz CT molecular complexity index is 289. The molecule has 3 heteroatoms. The predicted octanol–water partition coefficient (Wildman–Crippen LogP) is 1.64. The Kier molecular flexibility index (Phi) is 3.41. The van der Waals surface area contributed by atoms with Crippen molar-refractivity contribution in [1.29, 1.82) is 5.26 Å². The lowest BCUT2D eigenvalue weighted by Crippen LogP contribution is -2.27. The summed E-state index contributed by atoms with van der Waals surface area (Å²) in [6, 6.07) is 6.10. The average molecular weight is 175 g/mol. The zero-order chi connectivity index (χ0) is 9.68. The number of hydrogen-bond donors (Lipinski definition) is 1. The van der Waals surface area contributed by atoms with E-state index in [-0.39, 0.29) is 12.1 Å². The molecule has 0 fully saturated rings. The van der Waals surface area contributed by atoms with Crippen molar-refractivity contribution >= 4 is 0 Å². The molecule has 0 radical (unpaired) electrons. The topological polar surface area (TPSA) is 48.7 Å². The quantitative estimate of drug-likeness (QED) is 0.759. The number of nitrogens with one attached hydrogen (secondary N) is 1. The molecule has 0 saturated carbocycles. The second-order valence-electron chi connectivity index (χ2n) is 3.02. The lowest BCUT2D eigenvalue weighted by atomic mass is 10.1. The Morgan fingerprint density at radius 2 is 2.00 bits per heavy atom. The molecule has 13 heavy (non-hydrogen) atoms. The molecule has 0 aliphatic heterocycles. The van der Waals surface area contributed by atoms with E-state index in [2.05, 4.69) is 16.4 Å². The van der Waals surface area contributed by atoms with E-state index in [1.165, 1.54) is 0 Å². The predicted molar refractivity (Wildman–Crippen MR) is 50.9 cm³/mol.